The first-order valence-corrected chi connectivity index (χ1v) is 4.97. The number of nitrogens with two attached hydrogens (primary N) is 1. The molecular formula is C12H11N3O2. The lowest BCUT2D eigenvalue weighted by Gasteiger charge is -2.06. The van der Waals surface area contributed by atoms with Gasteiger partial charge in [0.15, 0.2) is 0 Å². The highest BCUT2D eigenvalue weighted by molar-refractivity contribution is 5.87. The molecule has 1 aromatic heterocycles. The number of carboxylic acid groups (broad SMARTS) is 1. The molecule has 1 aromatic carbocycles. The van der Waals surface area contributed by atoms with E-state index in [0.29, 0.717) is 11.5 Å². The number of benzene rings is 1. The second-order valence-electron chi connectivity index (χ2n) is 3.49. The minimum Gasteiger partial charge on any atom is -0.478 e. The molecule has 2 rings (SSSR count). The maximum Gasteiger partial charge on any atom is 0.337 e. The first-order chi connectivity index (χ1) is 8.15. The number of anilines is 3. The summed E-state index contributed by atoms with van der Waals surface area (Å²) in [6, 6.07) is 10.3. The maximum atomic E-state index is 10.6. The molecule has 0 unspecified atom stereocenters. The summed E-state index contributed by atoms with van der Waals surface area (Å²) in [5.74, 6) is -0.423. The molecule has 0 bridgehead atoms. The molecule has 0 aliphatic rings. The Morgan fingerprint density at radius 1 is 1.29 bits per heavy atom. The summed E-state index contributed by atoms with van der Waals surface area (Å²) in [6.07, 6.45) is 1.30. The molecule has 0 spiro atoms. The number of aromatic carboxylic acids is 1. The zero-order valence-corrected chi connectivity index (χ0v) is 8.92. The van der Waals surface area contributed by atoms with Crippen molar-refractivity contribution < 1.29 is 9.90 Å². The number of pyridine rings is 1. The van der Waals surface area contributed by atoms with Crippen LogP contribution in [0.25, 0.3) is 0 Å². The van der Waals surface area contributed by atoms with Gasteiger partial charge in [0.25, 0.3) is 0 Å². The highest BCUT2D eigenvalue weighted by Gasteiger charge is 2.02. The van der Waals surface area contributed by atoms with Crippen LogP contribution in [-0.4, -0.2) is 16.1 Å². The number of rotatable bonds is 3. The number of nitrogens with zero attached hydrogens (tertiary/aromatic N) is 1. The van der Waals surface area contributed by atoms with Gasteiger partial charge in [-0.2, -0.15) is 0 Å². The highest BCUT2D eigenvalue weighted by Crippen LogP contribution is 2.17. The van der Waals surface area contributed by atoms with Gasteiger partial charge in [-0.1, -0.05) is 6.07 Å². The van der Waals surface area contributed by atoms with Crippen molar-refractivity contribution in [2.45, 2.75) is 0 Å². The summed E-state index contributed by atoms with van der Waals surface area (Å²) in [5, 5.41) is 11.8. The molecule has 0 radical (unpaired) electrons. The monoisotopic (exact) mass is 229 g/mol. The lowest BCUT2D eigenvalue weighted by molar-refractivity contribution is 0.0696. The minimum absolute atomic E-state index is 0.156. The van der Waals surface area contributed by atoms with Gasteiger partial charge in [0.1, 0.15) is 5.82 Å². The summed E-state index contributed by atoms with van der Waals surface area (Å²) < 4.78 is 0. The van der Waals surface area contributed by atoms with Crippen molar-refractivity contribution in [1.29, 1.82) is 0 Å². The molecule has 4 N–H and O–H groups in total. The number of nitrogens with one attached hydrogen (secondary N) is 1. The van der Waals surface area contributed by atoms with Crippen LogP contribution in [-0.2, 0) is 0 Å². The van der Waals surface area contributed by atoms with E-state index in [-0.39, 0.29) is 5.56 Å². The summed E-state index contributed by atoms with van der Waals surface area (Å²) in [7, 11) is 0. The van der Waals surface area contributed by atoms with Crippen LogP contribution in [0.3, 0.4) is 0 Å². The van der Waals surface area contributed by atoms with Gasteiger partial charge in [0, 0.05) is 17.6 Å². The quantitative estimate of drug-likeness (QED) is 0.701. The van der Waals surface area contributed by atoms with E-state index >= 15 is 0 Å². The highest BCUT2D eigenvalue weighted by atomic mass is 16.4. The van der Waals surface area contributed by atoms with E-state index in [2.05, 4.69) is 10.3 Å². The minimum atomic E-state index is -0.993. The van der Waals surface area contributed by atoms with Crippen molar-refractivity contribution in [2.75, 3.05) is 11.1 Å². The van der Waals surface area contributed by atoms with Crippen LogP contribution in [0.15, 0.2) is 42.6 Å². The third-order valence-corrected chi connectivity index (χ3v) is 2.17. The SMILES string of the molecule is Nc1cccc(Nc2ccc(C(=O)O)cn2)c1. The zero-order chi connectivity index (χ0) is 12.3. The van der Waals surface area contributed by atoms with Crippen LogP contribution in [0, 0.1) is 0 Å². The molecule has 2 aromatic rings. The molecule has 0 amide bonds. The van der Waals surface area contributed by atoms with Crippen molar-refractivity contribution in [1.82, 2.24) is 4.98 Å². The standard InChI is InChI=1S/C12H11N3O2/c13-9-2-1-3-10(6-9)15-11-5-4-8(7-14-11)12(16)17/h1-7H,13H2,(H,14,15)(H,16,17). The number of nitrogen functional groups attached to an aromatic ring is 1. The van der Waals surface area contributed by atoms with E-state index in [0.717, 1.165) is 5.69 Å². The molecule has 1 heterocycles. The van der Waals surface area contributed by atoms with Crippen LogP contribution in [0.2, 0.25) is 0 Å². The van der Waals surface area contributed by atoms with E-state index in [1.807, 2.05) is 12.1 Å². The molecule has 0 atom stereocenters. The Labute approximate surface area is 97.9 Å². The van der Waals surface area contributed by atoms with E-state index in [1.165, 1.54) is 12.3 Å². The molecular weight excluding hydrogens is 218 g/mol. The van der Waals surface area contributed by atoms with Gasteiger partial charge in [0.2, 0.25) is 0 Å². The molecule has 5 nitrogen and oxygen atoms in total. The molecule has 0 aliphatic carbocycles. The molecule has 0 aliphatic heterocycles. The Morgan fingerprint density at radius 2 is 2.12 bits per heavy atom. The Morgan fingerprint density at radius 3 is 2.71 bits per heavy atom. The maximum absolute atomic E-state index is 10.6. The van der Waals surface area contributed by atoms with Crippen LogP contribution in [0.5, 0.6) is 0 Å². The van der Waals surface area contributed by atoms with Crippen molar-refractivity contribution in [2.24, 2.45) is 0 Å². The number of hydrogen-bond donors (Lipinski definition) is 3. The smallest absolute Gasteiger partial charge is 0.337 e. The molecule has 0 saturated heterocycles. The van der Waals surface area contributed by atoms with Gasteiger partial charge >= 0.3 is 5.97 Å². The molecule has 0 saturated carbocycles. The van der Waals surface area contributed by atoms with Gasteiger partial charge in [-0.05, 0) is 30.3 Å². The average molecular weight is 229 g/mol. The molecule has 86 valence electrons. The van der Waals surface area contributed by atoms with Gasteiger partial charge in [-0.25, -0.2) is 9.78 Å². The number of carboxylic acids is 1. The van der Waals surface area contributed by atoms with Gasteiger partial charge in [-0.3, -0.25) is 0 Å². The fourth-order valence-corrected chi connectivity index (χ4v) is 1.36. The normalized spacial score (nSPS) is 9.88. The van der Waals surface area contributed by atoms with Crippen molar-refractivity contribution in [3.63, 3.8) is 0 Å². The molecule has 0 fully saturated rings. The van der Waals surface area contributed by atoms with Gasteiger partial charge in [0.05, 0.1) is 5.56 Å². The summed E-state index contributed by atoms with van der Waals surface area (Å²) in [4.78, 5) is 14.6. The van der Waals surface area contributed by atoms with Crippen LogP contribution >= 0.6 is 0 Å². The van der Waals surface area contributed by atoms with Crippen LogP contribution in [0.1, 0.15) is 10.4 Å². The van der Waals surface area contributed by atoms with E-state index in [9.17, 15) is 4.79 Å². The first kappa shape index (κ1) is 10.9. The summed E-state index contributed by atoms with van der Waals surface area (Å²) in [6.45, 7) is 0. The second kappa shape index (κ2) is 4.52. The first-order valence-electron chi connectivity index (χ1n) is 4.97. The van der Waals surface area contributed by atoms with E-state index < -0.39 is 5.97 Å². The third kappa shape index (κ3) is 2.72. The number of hydrogen-bond acceptors (Lipinski definition) is 4. The number of carbonyl (C=O) groups is 1. The summed E-state index contributed by atoms with van der Waals surface area (Å²) >= 11 is 0. The largest absolute Gasteiger partial charge is 0.478 e. The predicted molar refractivity (Wildman–Crippen MR) is 65.3 cm³/mol. The topological polar surface area (TPSA) is 88.2 Å². The van der Waals surface area contributed by atoms with Gasteiger partial charge < -0.3 is 16.2 Å². The van der Waals surface area contributed by atoms with Crippen LogP contribution in [0.4, 0.5) is 17.2 Å². The Kier molecular flexibility index (Phi) is 2.91. The Balaban J connectivity index is 2.16. The second-order valence-corrected chi connectivity index (χ2v) is 3.49. The molecule has 17 heavy (non-hydrogen) atoms. The van der Waals surface area contributed by atoms with Crippen molar-refractivity contribution in [3.05, 3.63) is 48.2 Å². The fourth-order valence-electron chi connectivity index (χ4n) is 1.36. The number of aromatic nitrogens is 1. The summed E-state index contributed by atoms with van der Waals surface area (Å²) in [5.41, 5.74) is 7.25. The lowest BCUT2D eigenvalue weighted by atomic mass is 10.2. The average Bonchev–Trinajstić information content (AvgIpc) is 2.29. The van der Waals surface area contributed by atoms with Crippen LogP contribution < -0.4 is 11.1 Å². The third-order valence-electron chi connectivity index (χ3n) is 2.17. The van der Waals surface area contributed by atoms with E-state index in [4.69, 9.17) is 10.8 Å². The molecule has 5 heteroatoms. The van der Waals surface area contributed by atoms with Gasteiger partial charge in [-0.15, -0.1) is 0 Å². The van der Waals surface area contributed by atoms with Crippen molar-refractivity contribution >= 4 is 23.2 Å². The lowest BCUT2D eigenvalue weighted by Crippen LogP contribution is -1.99. The fraction of sp³-hybridized carbons (Fsp3) is 0. The van der Waals surface area contributed by atoms with E-state index in [1.54, 1.807) is 18.2 Å². The van der Waals surface area contributed by atoms with Crippen molar-refractivity contribution in [3.8, 4) is 0 Å². The Bertz CT molecular complexity index is 538. The Hall–Kier alpha value is -2.56. The predicted octanol–water partition coefficient (Wildman–Crippen LogP) is 2.11. The zero-order valence-electron chi connectivity index (χ0n) is 8.92.